The van der Waals surface area contributed by atoms with Crippen LogP contribution in [-0.4, -0.2) is 96.4 Å². The van der Waals surface area contributed by atoms with E-state index < -0.39 is 53.4 Å². The highest BCUT2D eigenvalue weighted by Gasteiger charge is 2.62. The zero-order valence-electron chi connectivity index (χ0n) is 29.9. The van der Waals surface area contributed by atoms with Crippen LogP contribution in [0.4, 0.5) is 4.79 Å². The Morgan fingerprint density at radius 1 is 1.04 bits per heavy atom. The molecule has 52 heavy (non-hydrogen) atoms. The number of aromatic nitrogens is 1. The zero-order valence-corrected chi connectivity index (χ0v) is 29.9. The molecule has 1 saturated heterocycles. The van der Waals surface area contributed by atoms with E-state index in [1.807, 2.05) is 12.2 Å². The van der Waals surface area contributed by atoms with Crippen molar-refractivity contribution in [1.29, 1.82) is 5.41 Å². The lowest BCUT2D eigenvalue weighted by molar-refractivity contribution is -0.148. The first-order chi connectivity index (χ1) is 25.1. The van der Waals surface area contributed by atoms with Gasteiger partial charge in [0, 0.05) is 29.4 Å². The lowest BCUT2D eigenvalue weighted by atomic mass is 10.0. The van der Waals surface area contributed by atoms with E-state index >= 15 is 0 Å². The third-order valence-corrected chi connectivity index (χ3v) is 10.7. The van der Waals surface area contributed by atoms with Crippen molar-refractivity contribution in [3.63, 3.8) is 0 Å². The molecule has 14 nitrogen and oxygen atoms in total. The van der Waals surface area contributed by atoms with Crippen molar-refractivity contribution >= 4 is 46.8 Å². The van der Waals surface area contributed by atoms with Gasteiger partial charge in [0.2, 0.25) is 17.6 Å². The highest BCUT2D eigenvalue weighted by Crippen LogP contribution is 2.46. The van der Waals surface area contributed by atoms with Crippen LogP contribution in [0.5, 0.6) is 11.5 Å². The molecule has 3 amide bonds. The van der Waals surface area contributed by atoms with Crippen LogP contribution in [0.25, 0.3) is 10.9 Å². The van der Waals surface area contributed by atoms with Crippen LogP contribution in [0.1, 0.15) is 86.7 Å². The van der Waals surface area contributed by atoms with Gasteiger partial charge in [-0.25, -0.2) is 14.6 Å². The number of hydrogen-bond acceptors (Lipinski definition) is 11. The van der Waals surface area contributed by atoms with E-state index in [2.05, 4.69) is 15.6 Å². The molecule has 1 aromatic heterocycles. The van der Waals surface area contributed by atoms with E-state index in [9.17, 15) is 24.0 Å². The first kappa shape index (κ1) is 36.8. The monoisotopic (exact) mass is 717 g/mol. The molecule has 2 aliphatic carbocycles. The number of nitrogens with one attached hydrogen (secondary N) is 3. The molecule has 3 N–H and O–H groups in total. The number of Topliss-reactive ketones (excluding diaryl/α,β-unsaturated/α-hetero) is 1. The fraction of sp³-hybridized carbons (Fsp3) is 0.553. The van der Waals surface area contributed by atoms with Crippen molar-refractivity contribution in [3.8, 4) is 11.5 Å². The first-order valence-corrected chi connectivity index (χ1v) is 18.1. The number of rotatable bonds is 8. The van der Waals surface area contributed by atoms with Crippen molar-refractivity contribution in [1.82, 2.24) is 20.5 Å². The van der Waals surface area contributed by atoms with E-state index in [0.717, 1.165) is 44.9 Å². The van der Waals surface area contributed by atoms with Crippen molar-refractivity contribution < 1.29 is 42.9 Å². The number of benzene rings is 1. The normalized spacial score (nSPS) is 27.2. The molecule has 0 bridgehead atoms. The summed E-state index contributed by atoms with van der Waals surface area (Å²) in [6, 6.07) is 2.96. The Bertz CT molecular complexity index is 1770. The molecule has 2 aliphatic heterocycles. The molecule has 2 aromatic rings. The van der Waals surface area contributed by atoms with Gasteiger partial charge >= 0.3 is 12.1 Å². The van der Waals surface area contributed by atoms with Crippen LogP contribution in [0.3, 0.4) is 0 Å². The second-order valence-electron chi connectivity index (χ2n) is 14.1. The molecule has 278 valence electrons. The zero-order chi connectivity index (χ0) is 37.0. The van der Waals surface area contributed by atoms with Crippen LogP contribution < -0.4 is 20.1 Å². The van der Waals surface area contributed by atoms with E-state index in [1.165, 1.54) is 25.2 Å². The molecule has 1 aromatic carbocycles. The Balaban J connectivity index is 1.33. The summed E-state index contributed by atoms with van der Waals surface area (Å²) >= 11 is 0. The number of amides is 3. The molecule has 0 spiro atoms. The number of fused-ring (bicyclic) bond motifs is 3. The number of aryl methyl sites for hydroxylation is 1. The lowest BCUT2D eigenvalue weighted by Crippen LogP contribution is -2.56. The third kappa shape index (κ3) is 7.61. The van der Waals surface area contributed by atoms with Gasteiger partial charge in [-0.05, 0) is 70.4 Å². The predicted molar refractivity (Wildman–Crippen MR) is 190 cm³/mol. The number of methoxy groups -OCH3 is 2. The average molecular weight is 718 g/mol. The standard InChI is InChI=1S/C38H47N5O9/c1-22-31(49-2)16-15-26-32(18-28(30(44)20-39)40-33(22)26)51-25-17-29-34(45)42-38(36(47)50-3)19-23(38)11-7-5-4-6-8-14-27(35(46)43(29)21-25)41-37(48)52-24-12-9-10-13-24/h7,11,15-16,18,20,23-25,27,29,39H,4-6,8-10,12-14,17,19,21H2,1-3H3,(H,41,48)(H,42,45)/b11-7-,39-20?/t23?,25-,27+,29+,38-/m1/s1. The smallest absolute Gasteiger partial charge is 0.408 e. The Morgan fingerprint density at radius 2 is 1.81 bits per heavy atom. The van der Waals surface area contributed by atoms with E-state index in [1.54, 1.807) is 19.1 Å². The Hall–Kier alpha value is -5.01. The van der Waals surface area contributed by atoms with Gasteiger partial charge in [0.1, 0.15) is 47.0 Å². The Labute approximate surface area is 302 Å². The van der Waals surface area contributed by atoms with Crippen molar-refractivity contribution in [2.75, 3.05) is 20.8 Å². The number of pyridine rings is 1. The number of carbonyl (C=O) groups excluding carboxylic acids is 5. The van der Waals surface area contributed by atoms with Crippen molar-refractivity contribution in [2.45, 2.75) is 107 Å². The van der Waals surface area contributed by atoms with Gasteiger partial charge in [-0.15, -0.1) is 0 Å². The number of hydrogen-bond donors (Lipinski definition) is 3. The van der Waals surface area contributed by atoms with E-state index in [-0.39, 0.29) is 36.4 Å². The molecular weight excluding hydrogens is 670 g/mol. The van der Waals surface area contributed by atoms with E-state index in [0.29, 0.717) is 47.7 Å². The number of ether oxygens (including phenoxy) is 4. The largest absolute Gasteiger partial charge is 0.496 e. The summed E-state index contributed by atoms with van der Waals surface area (Å²) < 4.78 is 22.8. The third-order valence-electron chi connectivity index (χ3n) is 10.7. The van der Waals surface area contributed by atoms with Crippen LogP contribution in [0.2, 0.25) is 0 Å². The summed E-state index contributed by atoms with van der Waals surface area (Å²) in [7, 11) is 2.81. The second kappa shape index (κ2) is 15.7. The molecule has 3 fully saturated rings. The summed E-state index contributed by atoms with van der Waals surface area (Å²) in [5.74, 6) is -1.59. The first-order valence-electron chi connectivity index (χ1n) is 18.1. The second-order valence-corrected chi connectivity index (χ2v) is 14.1. The number of esters is 1. The predicted octanol–water partition coefficient (Wildman–Crippen LogP) is 4.34. The van der Waals surface area contributed by atoms with E-state index in [4.69, 9.17) is 24.4 Å². The van der Waals surface area contributed by atoms with Crippen LogP contribution in [-0.2, 0) is 23.9 Å². The molecule has 14 heteroatoms. The van der Waals surface area contributed by atoms with Gasteiger partial charge in [-0.1, -0.05) is 25.0 Å². The summed E-state index contributed by atoms with van der Waals surface area (Å²) in [4.78, 5) is 73.4. The molecule has 3 heterocycles. The van der Waals surface area contributed by atoms with Gasteiger partial charge in [-0.2, -0.15) is 0 Å². The van der Waals surface area contributed by atoms with Crippen molar-refractivity contribution in [3.05, 3.63) is 41.6 Å². The number of allylic oxidation sites excluding steroid dienone is 1. The molecular formula is C38H47N5O9. The van der Waals surface area contributed by atoms with Gasteiger partial charge in [0.25, 0.3) is 0 Å². The average Bonchev–Trinajstić information content (AvgIpc) is 3.42. The summed E-state index contributed by atoms with van der Waals surface area (Å²) in [6.07, 6.45) is 10.4. The molecule has 1 unspecified atom stereocenters. The highest BCUT2D eigenvalue weighted by molar-refractivity contribution is 6.34. The summed E-state index contributed by atoms with van der Waals surface area (Å²) in [6.45, 7) is 1.78. The SMILES string of the molecule is COC(=O)[C@@]12CC1/C=C\CCCCC[C@H](NC(=O)OC1CCCC1)C(=O)N1C[C@H](Oc3cc(C(=O)C=N)nc4c(C)c(OC)ccc34)C[C@H]1C(=O)N2. The minimum absolute atomic E-state index is 0.00611. The number of alkyl carbamates (subject to hydrolysis) is 1. The maximum atomic E-state index is 14.5. The highest BCUT2D eigenvalue weighted by atomic mass is 16.6. The fourth-order valence-electron chi connectivity index (χ4n) is 7.73. The quantitative estimate of drug-likeness (QED) is 0.154. The van der Waals surface area contributed by atoms with Crippen LogP contribution in [0, 0.1) is 18.3 Å². The summed E-state index contributed by atoms with van der Waals surface area (Å²) in [5.41, 5.74) is -0.147. The van der Waals surface area contributed by atoms with Crippen molar-refractivity contribution in [2.24, 2.45) is 5.92 Å². The molecule has 6 rings (SSSR count). The molecule has 0 radical (unpaired) electrons. The minimum atomic E-state index is -1.25. The lowest BCUT2D eigenvalue weighted by Gasteiger charge is -2.29. The Morgan fingerprint density at radius 3 is 2.54 bits per heavy atom. The number of ketones is 1. The number of nitrogens with zero attached hydrogens (tertiary/aromatic N) is 2. The van der Waals surface area contributed by atoms with Crippen LogP contribution >= 0.6 is 0 Å². The van der Waals surface area contributed by atoms with Gasteiger partial charge < -0.3 is 39.9 Å². The maximum absolute atomic E-state index is 14.5. The minimum Gasteiger partial charge on any atom is -0.496 e. The topological polar surface area (TPSA) is 186 Å². The Kier molecular flexibility index (Phi) is 11.1. The molecule has 5 atom stereocenters. The van der Waals surface area contributed by atoms with Gasteiger partial charge in [0.05, 0.1) is 32.5 Å². The summed E-state index contributed by atoms with van der Waals surface area (Å²) in [5, 5.41) is 13.9. The maximum Gasteiger partial charge on any atom is 0.408 e. The van der Waals surface area contributed by atoms with Gasteiger partial charge in [-0.3, -0.25) is 14.4 Å². The van der Waals surface area contributed by atoms with Crippen LogP contribution in [0.15, 0.2) is 30.4 Å². The van der Waals surface area contributed by atoms with Gasteiger partial charge in [0.15, 0.2) is 0 Å². The fourth-order valence-corrected chi connectivity index (χ4v) is 7.73. The molecule has 2 saturated carbocycles. The molecule has 4 aliphatic rings. The number of carbonyl (C=O) groups is 5.